The molecule has 0 spiro atoms. The van der Waals surface area contributed by atoms with E-state index in [1.807, 2.05) is 0 Å². The van der Waals surface area contributed by atoms with Gasteiger partial charge < -0.3 is 15.1 Å². The normalized spacial score (nSPS) is 17.1. The minimum absolute atomic E-state index is 0.0302. The number of alkyl halides is 3. The number of nitrogens with one attached hydrogen (secondary N) is 1. The number of thioether (sulfide) groups is 1. The highest BCUT2D eigenvalue weighted by Gasteiger charge is 2.36. The van der Waals surface area contributed by atoms with Crippen LogP contribution in [-0.4, -0.2) is 46.9 Å². The summed E-state index contributed by atoms with van der Waals surface area (Å²) in [6, 6.07) is 8.89. The van der Waals surface area contributed by atoms with Crippen molar-refractivity contribution in [1.29, 1.82) is 0 Å². The minimum atomic E-state index is -4.47. The predicted octanol–water partition coefficient (Wildman–Crippen LogP) is 6.86. The van der Waals surface area contributed by atoms with Crippen LogP contribution in [0.5, 0.6) is 0 Å². The highest BCUT2D eigenvalue weighted by atomic mass is 32.2. The maximum absolute atomic E-state index is 13.7. The predicted molar refractivity (Wildman–Crippen MR) is 153 cm³/mol. The van der Waals surface area contributed by atoms with Gasteiger partial charge in [-0.1, -0.05) is 45.5 Å². The number of benzene rings is 1. The van der Waals surface area contributed by atoms with Gasteiger partial charge in [0.25, 0.3) is 0 Å². The average Bonchev–Trinajstić information content (AvgIpc) is 3.08. The van der Waals surface area contributed by atoms with E-state index in [2.05, 4.69) is 68.1 Å². The third-order valence-electron chi connectivity index (χ3n) is 7.53. The van der Waals surface area contributed by atoms with Crippen LogP contribution >= 0.6 is 11.8 Å². The van der Waals surface area contributed by atoms with Crippen molar-refractivity contribution in [3.63, 3.8) is 0 Å². The van der Waals surface area contributed by atoms with Gasteiger partial charge in [-0.05, 0) is 48.1 Å². The fourth-order valence-electron chi connectivity index (χ4n) is 5.36. The Kier molecular flexibility index (Phi) is 7.43. The third kappa shape index (κ3) is 5.81. The Balaban J connectivity index is 1.49. The smallest absolute Gasteiger partial charge is 0.374 e. The van der Waals surface area contributed by atoms with Crippen LogP contribution in [0.25, 0.3) is 0 Å². The van der Waals surface area contributed by atoms with Gasteiger partial charge in [-0.15, -0.1) is 0 Å². The Bertz CT molecular complexity index is 1360. The lowest BCUT2D eigenvalue weighted by molar-refractivity contribution is -0.137. The molecular weight excluding hydrogens is 521 g/mol. The molecule has 0 radical (unpaired) electrons. The first-order valence-electron chi connectivity index (χ1n) is 13.4. The van der Waals surface area contributed by atoms with Gasteiger partial charge in [-0.3, -0.25) is 0 Å². The van der Waals surface area contributed by atoms with Gasteiger partial charge in [0.05, 0.1) is 11.3 Å². The number of nitrogens with zero attached hydrogens (tertiary/aromatic N) is 5. The molecule has 0 fully saturated rings. The molecule has 208 valence electrons. The summed E-state index contributed by atoms with van der Waals surface area (Å²) in [5.74, 6) is 0.692. The first-order valence-corrected chi connectivity index (χ1v) is 14.3. The molecule has 6 nitrogen and oxygen atoms in total. The number of aromatic nitrogens is 3. The van der Waals surface area contributed by atoms with Crippen molar-refractivity contribution in [3.8, 4) is 0 Å². The van der Waals surface area contributed by atoms with Crippen LogP contribution in [0.4, 0.5) is 36.2 Å². The quantitative estimate of drug-likeness (QED) is 0.272. The van der Waals surface area contributed by atoms with E-state index in [9.17, 15) is 13.2 Å². The lowest BCUT2D eigenvalue weighted by Gasteiger charge is -2.38. The summed E-state index contributed by atoms with van der Waals surface area (Å²) in [4.78, 5) is 17.9. The van der Waals surface area contributed by atoms with Crippen molar-refractivity contribution >= 4 is 34.8 Å². The SMILES string of the molecule is CC(C)Sc1nc2c(c(Nc3ccc4c(c3)N(C)CCC4(C)C)n1)CCN(c1ncccc1C(F)(F)F)CC2. The Hall–Kier alpha value is -3.01. The second kappa shape index (κ2) is 10.5. The van der Waals surface area contributed by atoms with Crippen LogP contribution in [-0.2, 0) is 24.4 Å². The second-order valence-corrected chi connectivity index (χ2v) is 12.8. The molecule has 0 unspecified atom stereocenters. The molecule has 0 saturated carbocycles. The highest BCUT2D eigenvalue weighted by molar-refractivity contribution is 7.99. The molecule has 39 heavy (non-hydrogen) atoms. The number of fused-ring (bicyclic) bond motifs is 2. The van der Waals surface area contributed by atoms with Crippen LogP contribution in [0, 0.1) is 0 Å². The van der Waals surface area contributed by atoms with Crippen molar-refractivity contribution in [2.75, 3.05) is 41.8 Å². The summed E-state index contributed by atoms with van der Waals surface area (Å²) in [5, 5.41) is 4.52. The second-order valence-electron chi connectivity index (χ2n) is 11.2. The van der Waals surface area contributed by atoms with Gasteiger partial charge in [-0.2, -0.15) is 13.2 Å². The molecule has 4 heterocycles. The number of hydrogen-bond donors (Lipinski definition) is 1. The molecule has 2 aliphatic heterocycles. The standard InChI is InChI=1S/C29H35F3N6S/c1-18(2)39-27-35-23-11-15-38(26-22(29(30,31)32)7-6-13-33-26)14-10-20(23)25(36-27)34-19-8-9-21-24(17-19)37(5)16-12-28(21,3)4/h6-9,13,17-18H,10-12,14-16H2,1-5H3,(H,34,35,36). The van der Waals surface area contributed by atoms with E-state index in [0.717, 1.165) is 41.8 Å². The molecule has 0 saturated heterocycles. The number of rotatable bonds is 5. The number of pyridine rings is 1. The van der Waals surface area contributed by atoms with Crippen molar-refractivity contribution in [2.24, 2.45) is 0 Å². The van der Waals surface area contributed by atoms with Crippen LogP contribution in [0.2, 0.25) is 0 Å². The molecule has 0 amide bonds. The van der Waals surface area contributed by atoms with Crippen LogP contribution < -0.4 is 15.1 Å². The summed E-state index contributed by atoms with van der Waals surface area (Å²) in [7, 11) is 2.12. The molecule has 1 aromatic carbocycles. The molecule has 0 atom stereocenters. The maximum Gasteiger partial charge on any atom is 0.419 e. The molecule has 2 aromatic heterocycles. The van der Waals surface area contributed by atoms with Crippen molar-refractivity contribution in [2.45, 2.75) is 69.0 Å². The summed E-state index contributed by atoms with van der Waals surface area (Å²) < 4.78 is 41.2. The first kappa shape index (κ1) is 27.6. The van der Waals surface area contributed by atoms with Crippen molar-refractivity contribution < 1.29 is 13.2 Å². The van der Waals surface area contributed by atoms with Gasteiger partial charge in [0, 0.05) is 61.5 Å². The maximum atomic E-state index is 13.7. The van der Waals surface area contributed by atoms with Crippen LogP contribution in [0.1, 0.15) is 56.5 Å². The summed E-state index contributed by atoms with van der Waals surface area (Å²) >= 11 is 1.58. The van der Waals surface area contributed by atoms with E-state index < -0.39 is 11.7 Å². The van der Waals surface area contributed by atoms with Gasteiger partial charge in [-0.25, -0.2) is 15.0 Å². The van der Waals surface area contributed by atoms with E-state index in [1.165, 1.54) is 23.5 Å². The van der Waals surface area contributed by atoms with E-state index >= 15 is 0 Å². The van der Waals surface area contributed by atoms with Crippen molar-refractivity contribution in [1.82, 2.24) is 15.0 Å². The van der Waals surface area contributed by atoms with Crippen molar-refractivity contribution in [3.05, 3.63) is 58.9 Å². The van der Waals surface area contributed by atoms with Gasteiger partial charge in [0.1, 0.15) is 11.6 Å². The molecular formula is C29H35F3N6S. The van der Waals surface area contributed by atoms with E-state index in [1.54, 1.807) is 16.7 Å². The monoisotopic (exact) mass is 556 g/mol. The third-order valence-corrected chi connectivity index (χ3v) is 8.39. The van der Waals surface area contributed by atoms with Gasteiger partial charge in [0.2, 0.25) is 0 Å². The topological polar surface area (TPSA) is 57.2 Å². The zero-order valence-electron chi connectivity index (χ0n) is 23.1. The molecule has 0 aliphatic carbocycles. The summed E-state index contributed by atoms with van der Waals surface area (Å²) in [6.07, 6.45) is -0.934. The first-order chi connectivity index (χ1) is 18.4. The molecule has 2 aliphatic rings. The van der Waals surface area contributed by atoms with E-state index in [-0.39, 0.29) is 11.2 Å². The number of halogens is 3. The Morgan fingerprint density at radius 3 is 2.56 bits per heavy atom. The summed E-state index contributed by atoms with van der Waals surface area (Å²) in [6.45, 7) is 10.5. The molecule has 3 aromatic rings. The van der Waals surface area contributed by atoms with E-state index in [4.69, 9.17) is 9.97 Å². The average molecular weight is 557 g/mol. The van der Waals surface area contributed by atoms with Gasteiger partial charge >= 0.3 is 6.18 Å². The highest BCUT2D eigenvalue weighted by Crippen LogP contribution is 2.41. The largest absolute Gasteiger partial charge is 0.419 e. The number of hydrogen-bond acceptors (Lipinski definition) is 7. The Morgan fingerprint density at radius 1 is 1.05 bits per heavy atom. The molecule has 10 heteroatoms. The molecule has 1 N–H and O–H groups in total. The fraction of sp³-hybridized carbons (Fsp3) is 0.483. The van der Waals surface area contributed by atoms with Crippen LogP contribution in [0.15, 0.2) is 41.7 Å². The zero-order chi connectivity index (χ0) is 27.9. The molecule has 5 rings (SSSR count). The van der Waals surface area contributed by atoms with E-state index in [0.29, 0.717) is 36.3 Å². The Labute approximate surface area is 232 Å². The fourth-order valence-corrected chi connectivity index (χ4v) is 6.09. The zero-order valence-corrected chi connectivity index (χ0v) is 23.9. The van der Waals surface area contributed by atoms with Gasteiger partial charge in [0.15, 0.2) is 5.16 Å². The Morgan fingerprint density at radius 2 is 1.82 bits per heavy atom. The minimum Gasteiger partial charge on any atom is -0.374 e. The van der Waals surface area contributed by atoms with Crippen LogP contribution in [0.3, 0.4) is 0 Å². The molecule has 0 bridgehead atoms. The lowest BCUT2D eigenvalue weighted by Crippen LogP contribution is -2.34. The summed E-state index contributed by atoms with van der Waals surface area (Å²) in [5.41, 5.74) is 4.68. The number of anilines is 4. The lowest BCUT2D eigenvalue weighted by atomic mass is 9.78.